The summed E-state index contributed by atoms with van der Waals surface area (Å²) in [6.07, 6.45) is 4.36. The number of nitrogens with zero attached hydrogens (tertiary/aromatic N) is 2. The van der Waals surface area contributed by atoms with Gasteiger partial charge in [-0.05, 0) is 24.9 Å². The van der Waals surface area contributed by atoms with Crippen molar-refractivity contribution in [1.29, 1.82) is 0 Å². The molecule has 3 nitrogen and oxygen atoms in total. The maximum Gasteiger partial charge on any atom is 0.0524 e. The molecular formula is C10H17N3. The van der Waals surface area contributed by atoms with Gasteiger partial charge in [-0.25, -0.2) is 0 Å². The Kier molecular flexibility index (Phi) is 2.36. The van der Waals surface area contributed by atoms with Gasteiger partial charge in [0.15, 0.2) is 0 Å². The van der Waals surface area contributed by atoms with Gasteiger partial charge in [0.05, 0.1) is 6.20 Å². The lowest BCUT2D eigenvalue weighted by Crippen LogP contribution is -2.12. The van der Waals surface area contributed by atoms with E-state index in [1.165, 1.54) is 17.7 Å². The number of aromatic nitrogens is 2. The Morgan fingerprint density at radius 2 is 2.54 bits per heavy atom. The smallest absolute Gasteiger partial charge is 0.0524 e. The third-order valence-electron chi connectivity index (χ3n) is 2.89. The molecule has 0 aliphatic carbocycles. The summed E-state index contributed by atoms with van der Waals surface area (Å²) in [5.41, 5.74) is 2.85. The van der Waals surface area contributed by atoms with Gasteiger partial charge < -0.3 is 5.32 Å². The first-order chi connectivity index (χ1) is 6.33. The lowest BCUT2D eigenvalue weighted by molar-refractivity contribution is 0.632. The van der Waals surface area contributed by atoms with Crippen molar-refractivity contribution in [3.63, 3.8) is 0 Å². The quantitative estimate of drug-likeness (QED) is 0.735. The number of aryl methyl sites for hydroxylation is 2. The topological polar surface area (TPSA) is 29.9 Å². The molecule has 0 saturated carbocycles. The van der Waals surface area contributed by atoms with Gasteiger partial charge in [0.25, 0.3) is 0 Å². The predicted octanol–water partition coefficient (Wildman–Crippen LogP) is 1.06. The zero-order valence-electron chi connectivity index (χ0n) is 8.38. The molecule has 0 radical (unpaired) electrons. The Morgan fingerprint density at radius 3 is 3.15 bits per heavy atom. The largest absolute Gasteiger partial charge is 0.316 e. The first kappa shape index (κ1) is 8.75. The molecule has 1 fully saturated rings. The van der Waals surface area contributed by atoms with Crippen molar-refractivity contribution in [3.8, 4) is 0 Å². The normalized spacial score (nSPS) is 22.5. The van der Waals surface area contributed by atoms with Crippen LogP contribution in [-0.2, 0) is 13.5 Å². The van der Waals surface area contributed by atoms with Crippen LogP contribution in [0, 0.1) is 0 Å². The third-order valence-corrected chi connectivity index (χ3v) is 2.89. The second kappa shape index (κ2) is 3.50. The second-order valence-electron chi connectivity index (χ2n) is 3.72. The standard InChI is InChI=1S/C10H17N3/c1-3-8-7-12-13(2)10(8)9-4-5-11-6-9/h7,9,11H,3-6H2,1-2H3. The van der Waals surface area contributed by atoms with Gasteiger partial charge in [0.1, 0.15) is 0 Å². The van der Waals surface area contributed by atoms with E-state index >= 15 is 0 Å². The minimum Gasteiger partial charge on any atom is -0.316 e. The Labute approximate surface area is 79.1 Å². The SMILES string of the molecule is CCc1cnn(C)c1C1CCNC1. The molecule has 1 saturated heterocycles. The first-order valence-electron chi connectivity index (χ1n) is 5.04. The average Bonchev–Trinajstić information content (AvgIpc) is 2.72. The van der Waals surface area contributed by atoms with Crippen molar-refractivity contribution in [2.24, 2.45) is 7.05 Å². The van der Waals surface area contributed by atoms with E-state index in [1.54, 1.807) is 0 Å². The van der Waals surface area contributed by atoms with E-state index in [1.807, 2.05) is 17.9 Å². The minimum absolute atomic E-state index is 0.683. The summed E-state index contributed by atoms with van der Waals surface area (Å²) in [5, 5.41) is 7.72. The number of nitrogens with one attached hydrogen (secondary N) is 1. The second-order valence-corrected chi connectivity index (χ2v) is 3.72. The summed E-state index contributed by atoms with van der Waals surface area (Å²) in [6, 6.07) is 0. The van der Waals surface area contributed by atoms with E-state index in [9.17, 15) is 0 Å². The molecule has 0 bridgehead atoms. The molecule has 1 atom stereocenters. The van der Waals surface area contributed by atoms with Crippen molar-refractivity contribution in [2.45, 2.75) is 25.7 Å². The number of rotatable bonds is 2. The summed E-state index contributed by atoms with van der Waals surface area (Å²) in [4.78, 5) is 0. The van der Waals surface area contributed by atoms with Crippen LogP contribution in [0.5, 0.6) is 0 Å². The Balaban J connectivity index is 2.30. The molecule has 3 heteroatoms. The van der Waals surface area contributed by atoms with E-state index < -0.39 is 0 Å². The van der Waals surface area contributed by atoms with Crippen LogP contribution in [0.3, 0.4) is 0 Å². The molecule has 1 aliphatic heterocycles. The van der Waals surface area contributed by atoms with Crippen LogP contribution >= 0.6 is 0 Å². The molecule has 1 aromatic heterocycles. The summed E-state index contributed by atoms with van der Waals surface area (Å²) in [7, 11) is 2.05. The molecule has 72 valence electrons. The van der Waals surface area contributed by atoms with E-state index in [-0.39, 0.29) is 0 Å². The molecule has 1 aromatic rings. The zero-order valence-corrected chi connectivity index (χ0v) is 8.38. The molecule has 2 rings (SSSR count). The molecule has 0 aromatic carbocycles. The van der Waals surface area contributed by atoms with Gasteiger partial charge in [-0.3, -0.25) is 4.68 Å². The van der Waals surface area contributed by atoms with Crippen molar-refractivity contribution in [2.75, 3.05) is 13.1 Å². The summed E-state index contributed by atoms with van der Waals surface area (Å²) in [5.74, 6) is 0.683. The van der Waals surface area contributed by atoms with E-state index in [4.69, 9.17) is 0 Å². The molecule has 1 aliphatic rings. The molecule has 13 heavy (non-hydrogen) atoms. The number of hydrogen-bond donors (Lipinski definition) is 1. The summed E-state index contributed by atoms with van der Waals surface area (Å²) < 4.78 is 2.04. The molecule has 2 heterocycles. The van der Waals surface area contributed by atoms with Crippen LogP contribution < -0.4 is 5.32 Å². The minimum atomic E-state index is 0.683. The highest BCUT2D eigenvalue weighted by Crippen LogP contribution is 2.25. The fraction of sp³-hybridized carbons (Fsp3) is 0.700. The number of hydrogen-bond acceptors (Lipinski definition) is 2. The fourth-order valence-corrected chi connectivity index (χ4v) is 2.18. The Hall–Kier alpha value is -0.830. The highest BCUT2D eigenvalue weighted by molar-refractivity contribution is 5.23. The predicted molar refractivity (Wildman–Crippen MR) is 52.8 cm³/mol. The van der Waals surface area contributed by atoms with Crippen LogP contribution in [0.2, 0.25) is 0 Å². The van der Waals surface area contributed by atoms with Gasteiger partial charge in [-0.15, -0.1) is 0 Å². The molecular weight excluding hydrogens is 162 g/mol. The highest BCUT2D eigenvalue weighted by Gasteiger charge is 2.22. The monoisotopic (exact) mass is 179 g/mol. The van der Waals surface area contributed by atoms with Gasteiger partial charge in [0.2, 0.25) is 0 Å². The van der Waals surface area contributed by atoms with Gasteiger partial charge >= 0.3 is 0 Å². The average molecular weight is 179 g/mol. The molecule has 1 N–H and O–H groups in total. The molecule has 1 unspecified atom stereocenters. The maximum absolute atomic E-state index is 4.32. The summed E-state index contributed by atoms with van der Waals surface area (Å²) >= 11 is 0. The van der Waals surface area contributed by atoms with E-state index in [0.717, 1.165) is 19.5 Å². The molecule has 0 spiro atoms. The van der Waals surface area contributed by atoms with Crippen LogP contribution in [-0.4, -0.2) is 22.9 Å². The van der Waals surface area contributed by atoms with E-state index in [0.29, 0.717) is 5.92 Å². The van der Waals surface area contributed by atoms with Crippen molar-refractivity contribution < 1.29 is 0 Å². The van der Waals surface area contributed by atoms with Crippen LogP contribution in [0.1, 0.15) is 30.5 Å². The lowest BCUT2D eigenvalue weighted by Gasteiger charge is -2.11. The summed E-state index contributed by atoms with van der Waals surface area (Å²) in [6.45, 7) is 4.47. The van der Waals surface area contributed by atoms with Crippen LogP contribution in [0.25, 0.3) is 0 Å². The van der Waals surface area contributed by atoms with Crippen molar-refractivity contribution >= 4 is 0 Å². The van der Waals surface area contributed by atoms with Crippen molar-refractivity contribution in [1.82, 2.24) is 15.1 Å². The molecule has 0 amide bonds. The van der Waals surface area contributed by atoms with Crippen LogP contribution in [0.4, 0.5) is 0 Å². The van der Waals surface area contributed by atoms with Gasteiger partial charge in [0, 0.05) is 25.2 Å². The first-order valence-corrected chi connectivity index (χ1v) is 5.04. The van der Waals surface area contributed by atoms with Gasteiger partial charge in [-0.2, -0.15) is 5.10 Å². The highest BCUT2D eigenvalue weighted by atomic mass is 15.3. The lowest BCUT2D eigenvalue weighted by atomic mass is 10.00. The zero-order chi connectivity index (χ0) is 9.26. The maximum atomic E-state index is 4.32. The van der Waals surface area contributed by atoms with Crippen molar-refractivity contribution in [3.05, 3.63) is 17.5 Å². The van der Waals surface area contributed by atoms with E-state index in [2.05, 4.69) is 17.3 Å². The van der Waals surface area contributed by atoms with Gasteiger partial charge in [-0.1, -0.05) is 6.92 Å². The van der Waals surface area contributed by atoms with Crippen LogP contribution in [0.15, 0.2) is 6.20 Å². The third kappa shape index (κ3) is 1.48. The Bertz CT molecular complexity index is 284. The fourth-order valence-electron chi connectivity index (χ4n) is 2.18. The Morgan fingerprint density at radius 1 is 1.69 bits per heavy atom.